The van der Waals surface area contributed by atoms with Crippen LogP contribution in [0.2, 0.25) is 0 Å². The first kappa shape index (κ1) is 22.9. The average Bonchev–Trinajstić information content (AvgIpc) is 2.84. The van der Waals surface area contributed by atoms with Crippen molar-refractivity contribution in [2.45, 2.75) is 6.04 Å². The molecule has 0 bridgehead atoms. The maximum Gasteiger partial charge on any atom is 0.296 e. The largest absolute Gasteiger partial charge is 0.347 e. The van der Waals surface area contributed by atoms with Crippen LogP contribution in [0.25, 0.3) is 0 Å². The molecular formula is C24H22N3O4S+. The molecule has 0 aliphatic carbocycles. The number of quaternary nitrogens is 1. The van der Waals surface area contributed by atoms with E-state index in [2.05, 4.69) is 29.0 Å². The Balaban J connectivity index is 1.93. The summed E-state index contributed by atoms with van der Waals surface area (Å²) in [5, 5.41) is 5.21. The van der Waals surface area contributed by atoms with Crippen molar-refractivity contribution in [1.29, 1.82) is 0 Å². The third-order valence-electron chi connectivity index (χ3n) is 4.65. The standard InChI is InChI=1S/C24H21N3O4S/c25-19(14-32)23(30)26-17-11-12-20(18(13-17)21(28)15-7-3-1-4-8-15)27-24(31)22(29)16-9-5-2-6-10-16/h1-13,19,32H,14,25H2,(H,26,30)(H,27,31)/p+1/t19-/m0/s1. The van der Waals surface area contributed by atoms with Crippen LogP contribution in [-0.4, -0.2) is 35.2 Å². The van der Waals surface area contributed by atoms with Crippen LogP contribution in [0.15, 0.2) is 78.9 Å². The van der Waals surface area contributed by atoms with E-state index in [0.29, 0.717) is 11.3 Å². The lowest BCUT2D eigenvalue weighted by Crippen LogP contribution is -2.67. The van der Waals surface area contributed by atoms with Gasteiger partial charge in [0, 0.05) is 22.4 Å². The van der Waals surface area contributed by atoms with E-state index in [0.717, 1.165) is 0 Å². The number of thiol groups is 1. The summed E-state index contributed by atoms with van der Waals surface area (Å²) < 4.78 is 0. The van der Waals surface area contributed by atoms with Crippen molar-refractivity contribution in [3.05, 3.63) is 95.6 Å². The Labute approximate surface area is 190 Å². The Bertz CT molecular complexity index is 1150. The predicted molar refractivity (Wildman–Crippen MR) is 125 cm³/mol. The molecule has 0 saturated heterocycles. The molecule has 8 heteroatoms. The molecule has 0 fully saturated rings. The van der Waals surface area contributed by atoms with Crippen LogP contribution in [0.4, 0.5) is 11.4 Å². The van der Waals surface area contributed by atoms with Gasteiger partial charge in [0.15, 0.2) is 11.8 Å². The zero-order chi connectivity index (χ0) is 23.1. The minimum Gasteiger partial charge on any atom is -0.347 e. The molecule has 0 saturated carbocycles. The van der Waals surface area contributed by atoms with Gasteiger partial charge in [-0.1, -0.05) is 60.7 Å². The van der Waals surface area contributed by atoms with E-state index in [-0.39, 0.29) is 34.3 Å². The number of hydrogen-bond acceptors (Lipinski definition) is 5. The maximum atomic E-state index is 13.1. The highest BCUT2D eigenvalue weighted by Gasteiger charge is 2.22. The van der Waals surface area contributed by atoms with Crippen molar-refractivity contribution < 1.29 is 24.9 Å². The van der Waals surface area contributed by atoms with Crippen LogP contribution in [0.1, 0.15) is 26.3 Å². The van der Waals surface area contributed by atoms with Gasteiger partial charge in [0.25, 0.3) is 17.6 Å². The molecule has 1 atom stereocenters. The first-order valence-electron chi connectivity index (χ1n) is 9.80. The first-order chi connectivity index (χ1) is 15.4. The minimum atomic E-state index is -0.872. The van der Waals surface area contributed by atoms with Crippen LogP contribution < -0.4 is 16.4 Å². The Hall–Kier alpha value is -3.75. The lowest BCUT2D eigenvalue weighted by atomic mass is 10.0. The molecule has 0 aromatic heterocycles. The van der Waals surface area contributed by atoms with Gasteiger partial charge in [0.05, 0.1) is 11.4 Å². The van der Waals surface area contributed by atoms with Gasteiger partial charge < -0.3 is 16.4 Å². The second-order valence-electron chi connectivity index (χ2n) is 6.97. The van der Waals surface area contributed by atoms with Crippen LogP contribution in [0.5, 0.6) is 0 Å². The topological polar surface area (TPSA) is 120 Å². The number of hydrogen-bond donors (Lipinski definition) is 4. The van der Waals surface area contributed by atoms with Crippen molar-refractivity contribution in [2.75, 3.05) is 16.4 Å². The fourth-order valence-corrected chi connectivity index (χ4v) is 3.06. The third kappa shape index (κ3) is 5.48. The van der Waals surface area contributed by atoms with Crippen molar-refractivity contribution in [1.82, 2.24) is 0 Å². The molecule has 0 radical (unpaired) electrons. The second kappa shape index (κ2) is 10.5. The van der Waals surface area contributed by atoms with Crippen LogP contribution >= 0.6 is 12.6 Å². The van der Waals surface area contributed by atoms with Gasteiger partial charge in [-0.15, -0.1) is 0 Å². The summed E-state index contributed by atoms with van der Waals surface area (Å²) in [6, 6.07) is 20.5. The van der Waals surface area contributed by atoms with E-state index in [4.69, 9.17) is 0 Å². The summed E-state index contributed by atoms with van der Waals surface area (Å²) in [7, 11) is 0. The second-order valence-corrected chi connectivity index (χ2v) is 7.34. The molecule has 32 heavy (non-hydrogen) atoms. The number of Topliss-reactive ketones (excluding diaryl/α,β-unsaturated/α-hetero) is 1. The highest BCUT2D eigenvalue weighted by Crippen LogP contribution is 2.24. The molecule has 5 N–H and O–H groups in total. The summed E-state index contributed by atoms with van der Waals surface area (Å²) in [5.41, 5.74) is 4.99. The van der Waals surface area contributed by atoms with E-state index in [1.165, 1.54) is 30.3 Å². The Kier molecular flexibility index (Phi) is 7.54. The third-order valence-corrected chi connectivity index (χ3v) is 5.09. The molecule has 2 amide bonds. The van der Waals surface area contributed by atoms with Crippen molar-refractivity contribution in [2.24, 2.45) is 0 Å². The number of anilines is 2. The summed E-state index contributed by atoms with van der Waals surface area (Å²) in [4.78, 5) is 50.3. The molecular weight excluding hydrogens is 426 g/mol. The SMILES string of the molecule is [NH3+][C@@H](CS)C(=O)Nc1ccc(NC(=O)C(=O)c2ccccc2)c(C(=O)c2ccccc2)c1. The number of ketones is 2. The summed E-state index contributed by atoms with van der Waals surface area (Å²) in [6.07, 6.45) is 0. The summed E-state index contributed by atoms with van der Waals surface area (Å²) in [6.45, 7) is 0. The molecule has 3 rings (SSSR count). The van der Waals surface area contributed by atoms with E-state index in [1.807, 2.05) is 0 Å². The lowest BCUT2D eigenvalue weighted by Gasteiger charge is -2.14. The van der Waals surface area contributed by atoms with Gasteiger partial charge in [0.1, 0.15) is 0 Å². The van der Waals surface area contributed by atoms with E-state index in [1.54, 1.807) is 48.5 Å². The van der Waals surface area contributed by atoms with E-state index >= 15 is 0 Å². The number of carbonyl (C=O) groups excluding carboxylic acids is 4. The quantitative estimate of drug-likeness (QED) is 0.240. The smallest absolute Gasteiger partial charge is 0.296 e. The zero-order valence-electron chi connectivity index (χ0n) is 17.1. The predicted octanol–water partition coefficient (Wildman–Crippen LogP) is 2.22. The highest BCUT2D eigenvalue weighted by molar-refractivity contribution is 7.80. The highest BCUT2D eigenvalue weighted by atomic mass is 32.1. The normalized spacial score (nSPS) is 11.3. The number of benzene rings is 3. The lowest BCUT2D eigenvalue weighted by molar-refractivity contribution is -0.395. The Morgan fingerprint density at radius 2 is 1.41 bits per heavy atom. The van der Waals surface area contributed by atoms with E-state index in [9.17, 15) is 19.2 Å². The molecule has 3 aromatic carbocycles. The fraction of sp³-hybridized carbons (Fsp3) is 0.0833. The number of carbonyl (C=O) groups is 4. The van der Waals surface area contributed by atoms with Gasteiger partial charge in [-0.3, -0.25) is 19.2 Å². The first-order valence-corrected chi connectivity index (χ1v) is 10.4. The maximum absolute atomic E-state index is 13.1. The van der Waals surface area contributed by atoms with Gasteiger partial charge >= 0.3 is 0 Å². The van der Waals surface area contributed by atoms with Gasteiger partial charge in [0.2, 0.25) is 0 Å². The van der Waals surface area contributed by atoms with Crippen LogP contribution in [-0.2, 0) is 9.59 Å². The van der Waals surface area contributed by atoms with Gasteiger partial charge in [-0.25, -0.2) is 0 Å². The molecule has 0 aliphatic rings. The van der Waals surface area contributed by atoms with Gasteiger partial charge in [-0.05, 0) is 18.2 Å². The molecule has 0 aliphatic heterocycles. The van der Waals surface area contributed by atoms with Crippen LogP contribution in [0.3, 0.4) is 0 Å². The zero-order valence-corrected chi connectivity index (χ0v) is 18.0. The molecule has 162 valence electrons. The number of nitrogens with one attached hydrogen (secondary N) is 2. The minimum absolute atomic E-state index is 0.134. The molecule has 7 nitrogen and oxygen atoms in total. The molecule has 0 unspecified atom stereocenters. The summed E-state index contributed by atoms with van der Waals surface area (Å²) >= 11 is 4.07. The Morgan fingerprint density at radius 3 is 2.00 bits per heavy atom. The van der Waals surface area contributed by atoms with Crippen molar-refractivity contribution in [3.63, 3.8) is 0 Å². The monoisotopic (exact) mass is 448 g/mol. The number of rotatable bonds is 8. The van der Waals surface area contributed by atoms with Crippen molar-refractivity contribution >= 4 is 47.4 Å². The number of amides is 2. The molecule has 3 aromatic rings. The Morgan fingerprint density at radius 1 is 0.812 bits per heavy atom. The molecule has 0 heterocycles. The average molecular weight is 449 g/mol. The van der Waals surface area contributed by atoms with Gasteiger partial charge in [-0.2, -0.15) is 12.6 Å². The van der Waals surface area contributed by atoms with Crippen molar-refractivity contribution in [3.8, 4) is 0 Å². The van der Waals surface area contributed by atoms with Crippen LogP contribution in [0, 0.1) is 0 Å². The molecule has 0 spiro atoms. The fourth-order valence-electron chi connectivity index (χ4n) is 2.89. The van der Waals surface area contributed by atoms with E-state index < -0.39 is 17.7 Å². The summed E-state index contributed by atoms with van der Waals surface area (Å²) in [5.74, 6) is -2.06.